The minimum atomic E-state index is -0.184. The molecule has 1 aromatic heterocycles. The smallest absolute Gasteiger partial charge is 0.248 e. The molecular weight excluding hydrogens is 382 g/mol. The number of anilines is 1. The first-order valence-electron chi connectivity index (χ1n) is 6.55. The number of thiophene rings is 1. The van der Waals surface area contributed by atoms with Gasteiger partial charge in [-0.2, -0.15) is 0 Å². The van der Waals surface area contributed by atoms with Gasteiger partial charge in [-0.1, -0.05) is 45.7 Å². The van der Waals surface area contributed by atoms with E-state index < -0.39 is 0 Å². The molecule has 0 aliphatic carbocycles. The molecule has 2 nitrogen and oxygen atoms in total. The van der Waals surface area contributed by atoms with Gasteiger partial charge < -0.3 is 5.32 Å². The predicted octanol–water partition coefficient (Wildman–Crippen LogP) is 5.97. The SMILES string of the molecule is O=C(/C=C/c1sc2ccccc2c1Cl)Nc1ccc(Br)cc1. The fourth-order valence-corrected chi connectivity index (χ4v) is 3.67. The maximum atomic E-state index is 11.9. The molecule has 110 valence electrons. The zero-order valence-corrected chi connectivity index (χ0v) is 14.5. The molecule has 0 saturated carbocycles. The van der Waals surface area contributed by atoms with Crippen LogP contribution in [0.15, 0.2) is 59.1 Å². The molecule has 0 aliphatic heterocycles. The van der Waals surface area contributed by atoms with Crippen LogP contribution in [0.1, 0.15) is 4.88 Å². The average molecular weight is 393 g/mol. The molecule has 1 heterocycles. The number of hydrogen-bond donors (Lipinski definition) is 1. The van der Waals surface area contributed by atoms with Gasteiger partial charge in [-0.15, -0.1) is 11.3 Å². The lowest BCUT2D eigenvalue weighted by molar-refractivity contribution is -0.111. The number of rotatable bonds is 3. The van der Waals surface area contributed by atoms with Gasteiger partial charge in [-0.3, -0.25) is 4.79 Å². The van der Waals surface area contributed by atoms with Gasteiger partial charge in [0, 0.05) is 31.2 Å². The van der Waals surface area contributed by atoms with Crippen molar-refractivity contribution in [3.05, 3.63) is 69.0 Å². The Kier molecular flexibility index (Phi) is 4.62. The average Bonchev–Trinajstić information content (AvgIpc) is 2.84. The number of amides is 1. The van der Waals surface area contributed by atoms with Gasteiger partial charge >= 0.3 is 0 Å². The van der Waals surface area contributed by atoms with Crippen molar-refractivity contribution in [3.8, 4) is 0 Å². The lowest BCUT2D eigenvalue weighted by atomic mass is 10.2. The first-order valence-corrected chi connectivity index (χ1v) is 8.54. The number of carbonyl (C=O) groups is 1. The summed E-state index contributed by atoms with van der Waals surface area (Å²) in [4.78, 5) is 12.8. The number of nitrogens with one attached hydrogen (secondary N) is 1. The maximum Gasteiger partial charge on any atom is 0.248 e. The van der Waals surface area contributed by atoms with E-state index in [1.807, 2.05) is 48.5 Å². The normalized spacial score (nSPS) is 11.2. The van der Waals surface area contributed by atoms with Crippen LogP contribution in [0, 0.1) is 0 Å². The van der Waals surface area contributed by atoms with Crippen molar-refractivity contribution in [1.82, 2.24) is 0 Å². The number of benzene rings is 2. The Morgan fingerprint density at radius 1 is 1.14 bits per heavy atom. The lowest BCUT2D eigenvalue weighted by Gasteiger charge is -2.01. The predicted molar refractivity (Wildman–Crippen MR) is 98.6 cm³/mol. The number of fused-ring (bicyclic) bond motifs is 1. The second kappa shape index (κ2) is 6.65. The molecule has 1 amide bonds. The summed E-state index contributed by atoms with van der Waals surface area (Å²) >= 11 is 11.3. The molecule has 3 aromatic rings. The third-order valence-electron chi connectivity index (χ3n) is 3.06. The summed E-state index contributed by atoms with van der Waals surface area (Å²) in [5.41, 5.74) is 0.750. The number of hydrogen-bond acceptors (Lipinski definition) is 2. The van der Waals surface area contributed by atoms with E-state index in [1.165, 1.54) is 6.08 Å². The third-order valence-corrected chi connectivity index (χ3v) is 5.24. The quantitative estimate of drug-likeness (QED) is 0.547. The molecular formula is C17H11BrClNOS. The maximum absolute atomic E-state index is 11.9. The van der Waals surface area contributed by atoms with Crippen LogP contribution in [0.25, 0.3) is 16.2 Å². The van der Waals surface area contributed by atoms with Gasteiger partial charge in [0.2, 0.25) is 5.91 Å². The standard InChI is InChI=1S/C17H11BrClNOS/c18-11-5-7-12(8-6-11)20-16(21)10-9-15-17(19)13-3-1-2-4-14(13)22-15/h1-10H,(H,20,21)/b10-9+. The molecule has 22 heavy (non-hydrogen) atoms. The second-order valence-electron chi connectivity index (χ2n) is 4.61. The van der Waals surface area contributed by atoms with Crippen molar-refractivity contribution in [2.24, 2.45) is 0 Å². The largest absolute Gasteiger partial charge is 0.323 e. The first-order chi connectivity index (χ1) is 10.6. The molecule has 0 atom stereocenters. The van der Waals surface area contributed by atoms with E-state index in [0.29, 0.717) is 5.02 Å². The van der Waals surface area contributed by atoms with E-state index in [9.17, 15) is 4.79 Å². The molecule has 0 spiro atoms. The lowest BCUT2D eigenvalue weighted by Crippen LogP contribution is -2.07. The van der Waals surface area contributed by atoms with Crippen LogP contribution in [0.5, 0.6) is 0 Å². The Hall–Kier alpha value is -1.62. The fraction of sp³-hybridized carbons (Fsp3) is 0. The molecule has 0 radical (unpaired) electrons. The van der Waals surface area contributed by atoms with Gasteiger partial charge in [0.05, 0.1) is 5.02 Å². The van der Waals surface area contributed by atoms with Crippen LogP contribution in [-0.2, 0) is 4.79 Å². The zero-order chi connectivity index (χ0) is 15.5. The fourth-order valence-electron chi connectivity index (χ4n) is 2.01. The molecule has 0 bridgehead atoms. The van der Waals surface area contributed by atoms with Crippen LogP contribution >= 0.6 is 38.9 Å². The summed E-state index contributed by atoms with van der Waals surface area (Å²) in [6, 6.07) is 15.4. The van der Waals surface area contributed by atoms with Gasteiger partial charge in [0.15, 0.2) is 0 Å². The Bertz CT molecular complexity index is 855. The summed E-state index contributed by atoms with van der Waals surface area (Å²) in [7, 11) is 0. The van der Waals surface area contributed by atoms with E-state index >= 15 is 0 Å². The number of halogens is 2. The van der Waals surface area contributed by atoms with E-state index in [2.05, 4.69) is 21.2 Å². The monoisotopic (exact) mass is 391 g/mol. The highest BCUT2D eigenvalue weighted by molar-refractivity contribution is 9.10. The van der Waals surface area contributed by atoms with Crippen LogP contribution in [0.2, 0.25) is 5.02 Å². The van der Waals surface area contributed by atoms with Crippen molar-refractivity contribution in [2.75, 3.05) is 5.32 Å². The summed E-state index contributed by atoms with van der Waals surface area (Å²) in [6.45, 7) is 0. The van der Waals surface area contributed by atoms with E-state index in [1.54, 1.807) is 17.4 Å². The molecule has 0 aliphatic rings. The van der Waals surface area contributed by atoms with E-state index in [4.69, 9.17) is 11.6 Å². The number of carbonyl (C=O) groups excluding carboxylic acids is 1. The molecule has 0 saturated heterocycles. The Morgan fingerprint density at radius 2 is 1.86 bits per heavy atom. The molecule has 3 rings (SSSR count). The minimum absolute atomic E-state index is 0.184. The highest BCUT2D eigenvalue weighted by atomic mass is 79.9. The van der Waals surface area contributed by atoms with Gasteiger partial charge in [0.25, 0.3) is 0 Å². The van der Waals surface area contributed by atoms with Crippen LogP contribution in [-0.4, -0.2) is 5.91 Å². The Labute approximate surface area is 145 Å². The Morgan fingerprint density at radius 3 is 2.59 bits per heavy atom. The highest BCUT2D eigenvalue weighted by Crippen LogP contribution is 2.35. The topological polar surface area (TPSA) is 29.1 Å². The minimum Gasteiger partial charge on any atom is -0.323 e. The Balaban J connectivity index is 1.76. The molecule has 5 heteroatoms. The molecule has 1 N–H and O–H groups in total. The molecule has 0 unspecified atom stereocenters. The summed E-state index contributed by atoms with van der Waals surface area (Å²) < 4.78 is 2.08. The van der Waals surface area contributed by atoms with Gasteiger partial charge in [0.1, 0.15) is 0 Å². The van der Waals surface area contributed by atoms with Crippen molar-refractivity contribution in [3.63, 3.8) is 0 Å². The zero-order valence-electron chi connectivity index (χ0n) is 11.3. The summed E-state index contributed by atoms with van der Waals surface area (Å²) in [5.74, 6) is -0.184. The van der Waals surface area contributed by atoms with E-state index in [0.717, 1.165) is 25.1 Å². The van der Waals surface area contributed by atoms with Gasteiger partial charge in [-0.25, -0.2) is 0 Å². The first kappa shape index (κ1) is 15.3. The van der Waals surface area contributed by atoms with Crippen LogP contribution in [0.3, 0.4) is 0 Å². The molecule has 0 fully saturated rings. The summed E-state index contributed by atoms with van der Waals surface area (Å²) in [5, 5.41) is 4.51. The van der Waals surface area contributed by atoms with Crippen LogP contribution < -0.4 is 5.32 Å². The third kappa shape index (κ3) is 3.40. The van der Waals surface area contributed by atoms with Crippen molar-refractivity contribution < 1.29 is 4.79 Å². The van der Waals surface area contributed by atoms with E-state index in [-0.39, 0.29) is 5.91 Å². The van der Waals surface area contributed by atoms with Crippen LogP contribution in [0.4, 0.5) is 5.69 Å². The van der Waals surface area contributed by atoms with Crippen molar-refractivity contribution >= 4 is 66.6 Å². The highest BCUT2D eigenvalue weighted by Gasteiger charge is 2.07. The van der Waals surface area contributed by atoms with Gasteiger partial charge in [-0.05, 0) is 36.4 Å². The summed E-state index contributed by atoms with van der Waals surface area (Å²) in [6.07, 6.45) is 3.25. The van der Waals surface area contributed by atoms with Crippen molar-refractivity contribution in [2.45, 2.75) is 0 Å². The molecule has 2 aromatic carbocycles. The second-order valence-corrected chi connectivity index (χ2v) is 6.98. The van der Waals surface area contributed by atoms with Crippen molar-refractivity contribution in [1.29, 1.82) is 0 Å².